The fourth-order valence-electron chi connectivity index (χ4n) is 2.90. The average Bonchev–Trinajstić information content (AvgIpc) is 2.71. The number of amides is 1. The van der Waals surface area contributed by atoms with Crippen LogP contribution in [0.3, 0.4) is 0 Å². The molecule has 1 amide bonds. The largest absolute Gasteiger partial charge is 0.370 e. The van der Waals surface area contributed by atoms with Gasteiger partial charge in [0, 0.05) is 42.4 Å². The van der Waals surface area contributed by atoms with E-state index in [1.54, 1.807) is 18.5 Å². The van der Waals surface area contributed by atoms with E-state index in [2.05, 4.69) is 20.6 Å². The lowest BCUT2D eigenvalue weighted by Gasteiger charge is -2.12. The highest BCUT2D eigenvalue weighted by atomic mass is 16.1. The quantitative estimate of drug-likeness (QED) is 0.383. The number of carbonyl (C=O) groups is 1. The van der Waals surface area contributed by atoms with Gasteiger partial charge in [0.2, 0.25) is 0 Å². The van der Waals surface area contributed by atoms with Crippen molar-refractivity contribution in [2.45, 2.75) is 26.9 Å². The van der Waals surface area contributed by atoms with Crippen molar-refractivity contribution < 1.29 is 4.79 Å². The Hall–Kier alpha value is -3.74. The fourth-order valence-corrected chi connectivity index (χ4v) is 2.90. The Morgan fingerprint density at radius 2 is 1.72 bits per heavy atom. The van der Waals surface area contributed by atoms with Gasteiger partial charge >= 0.3 is 0 Å². The Balaban J connectivity index is 1.86. The van der Waals surface area contributed by atoms with Crippen LogP contribution in [0.4, 0.5) is 0 Å². The van der Waals surface area contributed by atoms with Crippen LogP contribution in [0, 0.1) is 19.3 Å². The van der Waals surface area contributed by atoms with Crippen LogP contribution in [0.15, 0.2) is 54.9 Å². The molecular weight excluding hydrogens is 364 g/mol. The minimum atomic E-state index is -0.178. The van der Waals surface area contributed by atoms with Crippen LogP contribution in [-0.4, -0.2) is 21.8 Å². The standard InChI is InChI=1S/C22H24N6O/c1-14-3-4-16(11-26-14)12-27-21(29)20-9-17(13-28-22(23)24)8-19(10-20)18-5-6-25-15(2)7-18/h3-11H,12-13H2,1-2H3,(H,27,29)(H4,23,24,28). The van der Waals surface area contributed by atoms with Gasteiger partial charge in [-0.1, -0.05) is 6.07 Å². The second kappa shape index (κ2) is 8.97. The molecule has 0 atom stereocenters. The molecule has 1 aromatic carbocycles. The maximum absolute atomic E-state index is 12.8. The van der Waals surface area contributed by atoms with Crippen molar-refractivity contribution in [3.8, 4) is 11.1 Å². The number of aromatic nitrogens is 2. The molecule has 29 heavy (non-hydrogen) atoms. The van der Waals surface area contributed by atoms with E-state index in [4.69, 9.17) is 11.1 Å². The Morgan fingerprint density at radius 1 is 0.931 bits per heavy atom. The number of hydrogen-bond acceptors (Lipinski definition) is 4. The third-order valence-corrected chi connectivity index (χ3v) is 4.39. The molecule has 0 spiro atoms. The van der Waals surface area contributed by atoms with Crippen LogP contribution >= 0.6 is 0 Å². The van der Waals surface area contributed by atoms with E-state index in [1.165, 1.54) is 0 Å². The molecule has 2 aromatic heterocycles. The molecule has 0 bridgehead atoms. The maximum atomic E-state index is 12.8. The van der Waals surface area contributed by atoms with Gasteiger partial charge in [-0.05, 0) is 72.5 Å². The van der Waals surface area contributed by atoms with Gasteiger partial charge in [-0.2, -0.15) is 0 Å². The summed E-state index contributed by atoms with van der Waals surface area (Å²) in [5, 5.41) is 13.1. The van der Waals surface area contributed by atoms with E-state index in [-0.39, 0.29) is 11.9 Å². The zero-order chi connectivity index (χ0) is 20.8. The van der Waals surface area contributed by atoms with Gasteiger partial charge in [-0.15, -0.1) is 0 Å². The minimum Gasteiger partial charge on any atom is -0.370 e. The maximum Gasteiger partial charge on any atom is 0.251 e. The Kier molecular flexibility index (Phi) is 6.19. The van der Waals surface area contributed by atoms with Crippen LogP contribution in [0.25, 0.3) is 11.1 Å². The smallest absolute Gasteiger partial charge is 0.251 e. The summed E-state index contributed by atoms with van der Waals surface area (Å²) in [7, 11) is 0. The Bertz CT molecular complexity index is 1030. The summed E-state index contributed by atoms with van der Waals surface area (Å²) >= 11 is 0. The average molecular weight is 388 g/mol. The first-order valence-corrected chi connectivity index (χ1v) is 9.25. The van der Waals surface area contributed by atoms with E-state index in [0.29, 0.717) is 18.7 Å². The van der Waals surface area contributed by atoms with Crippen molar-refractivity contribution in [1.82, 2.24) is 20.6 Å². The molecule has 7 heteroatoms. The molecule has 0 saturated carbocycles. The molecule has 148 valence electrons. The highest BCUT2D eigenvalue weighted by molar-refractivity contribution is 5.95. The molecule has 0 aliphatic heterocycles. The van der Waals surface area contributed by atoms with Crippen LogP contribution in [-0.2, 0) is 13.1 Å². The summed E-state index contributed by atoms with van der Waals surface area (Å²) in [4.78, 5) is 21.3. The number of nitrogens with zero attached hydrogens (tertiary/aromatic N) is 2. The third kappa shape index (κ3) is 5.62. The van der Waals surface area contributed by atoms with Crippen LogP contribution < -0.4 is 16.4 Å². The molecule has 0 radical (unpaired) electrons. The number of carbonyl (C=O) groups excluding carboxylic acids is 1. The Morgan fingerprint density at radius 3 is 2.41 bits per heavy atom. The van der Waals surface area contributed by atoms with Crippen molar-refractivity contribution >= 4 is 11.9 Å². The van der Waals surface area contributed by atoms with Crippen molar-refractivity contribution in [3.63, 3.8) is 0 Å². The summed E-state index contributed by atoms with van der Waals surface area (Å²) in [6, 6.07) is 13.4. The predicted molar refractivity (Wildman–Crippen MR) is 113 cm³/mol. The normalized spacial score (nSPS) is 10.4. The van der Waals surface area contributed by atoms with Crippen LogP contribution in [0.5, 0.6) is 0 Å². The van der Waals surface area contributed by atoms with Crippen LogP contribution in [0.2, 0.25) is 0 Å². The van der Waals surface area contributed by atoms with Gasteiger partial charge in [0.05, 0.1) is 0 Å². The SMILES string of the molecule is Cc1ccc(CNC(=O)c2cc(CNC(=N)N)cc(-c3ccnc(C)c3)c2)cn1. The number of aryl methyl sites for hydroxylation is 2. The number of hydrogen-bond donors (Lipinski definition) is 4. The topological polar surface area (TPSA) is 117 Å². The fraction of sp³-hybridized carbons (Fsp3) is 0.182. The number of pyridine rings is 2. The van der Waals surface area contributed by atoms with Crippen molar-refractivity contribution in [2.75, 3.05) is 0 Å². The summed E-state index contributed by atoms with van der Waals surface area (Å²) in [6.07, 6.45) is 3.50. The molecule has 5 N–H and O–H groups in total. The third-order valence-electron chi connectivity index (χ3n) is 4.39. The molecule has 3 aromatic rings. The monoisotopic (exact) mass is 388 g/mol. The first-order chi connectivity index (χ1) is 13.9. The van der Waals surface area contributed by atoms with Crippen LogP contribution in [0.1, 0.15) is 32.9 Å². The van der Waals surface area contributed by atoms with Crippen molar-refractivity contribution in [3.05, 3.63) is 82.9 Å². The summed E-state index contributed by atoms with van der Waals surface area (Å²) in [5.74, 6) is -0.296. The number of benzene rings is 1. The number of nitrogens with one attached hydrogen (secondary N) is 3. The molecule has 0 aliphatic rings. The van der Waals surface area contributed by atoms with Gasteiger partial charge in [-0.25, -0.2) is 0 Å². The van der Waals surface area contributed by atoms with Gasteiger partial charge in [-0.3, -0.25) is 20.2 Å². The molecule has 0 unspecified atom stereocenters. The van der Waals surface area contributed by atoms with E-state index in [1.807, 2.05) is 50.2 Å². The molecule has 2 heterocycles. The first-order valence-electron chi connectivity index (χ1n) is 9.25. The molecule has 7 nitrogen and oxygen atoms in total. The van der Waals surface area contributed by atoms with E-state index in [0.717, 1.165) is 33.6 Å². The van der Waals surface area contributed by atoms with Crippen molar-refractivity contribution in [1.29, 1.82) is 5.41 Å². The summed E-state index contributed by atoms with van der Waals surface area (Å²) in [6.45, 7) is 4.60. The van der Waals surface area contributed by atoms with Gasteiger partial charge in [0.25, 0.3) is 5.91 Å². The zero-order valence-corrected chi connectivity index (χ0v) is 16.5. The number of nitrogens with two attached hydrogens (primary N) is 1. The highest BCUT2D eigenvalue weighted by Crippen LogP contribution is 2.23. The van der Waals surface area contributed by atoms with E-state index < -0.39 is 0 Å². The van der Waals surface area contributed by atoms with Gasteiger partial charge < -0.3 is 16.4 Å². The zero-order valence-electron chi connectivity index (χ0n) is 16.5. The molecule has 0 aliphatic carbocycles. The molecule has 3 rings (SSSR count). The second-order valence-corrected chi connectivity index (χ2v) is 6.86. The Labute approximate surface area is 169 Å². The van der Waals surface area contributed by atoms with E-state index in [9.17, 15) is 4.79 Å². The number of rotatable bonds is 6. The number of guanidine groups is 1. The van der Waals surface area contributed by atoms with E-state index >= 15 is 0 Å². The molecule has 0 saturated heterocycles. The second-order valence-electron chi connectivity index (χ2n) is 6.86. The lowest BCUT2D eigenvalue weighted by molar-refractivity contribution is 0.0951. The summed E-state index contributed by atoms with van der Waals surface area (Å²) < 4.78 is 0. The first kappa shape index (κ1) is 20.0. The minimum absolute atomic E-state index is 0.118. The molecular formula is C22H24N6O. The lowest BCUT2D eigenvalue weighted by atomic mass is 9.99. The lowest BCUT2D eigenvalue weighted by Crippen LogP contribution is -2.29. The van der Waals surface area contributed by atoms with Gasteiger partial charge in [0.1, 0.15) is 0 Å². The highest BCUT2D eigenvalue weighted by Gasteiger charge is 2.11. The van der Waals surface area contributed by atoms with Crippen molar-refractivity contribution in [2.24, 2.45) is 5.73 Å². The molecule has 0 fully saturated rings. The van der Waals surface area contributed by atoms with Gasteiger partial charge in [0.15, 0.2) is 5.96 Å². The summed E-state index contributed by atoms with van der Waals surface area (Å²) in [5.41, 5.74) is 11.4. The predicted octanol–water partition coefficient (Wildman–Crippen LogP) is 2.67.